The summed E-state index contributed by atoms with van der Waals surface area (Å²) < 4.78 is 5.17. The molecular weight excluding hydrogens is 262 g/mol. The summed E-state index contributed by atoms with van der Waals surface area (Å²) >= 11 is 0. The summed E-state index contributed by atoms with van der Waals surface area (Å²) in [5.74, 6) is 1.55. The van der Waals surface area contributed by atoms with Crippen molar-refractivity contribution in [2.75, 3.05) is 19.0 Å². The molecule has 0 bridgehead atoms. The first kappa shape index (κ1) is 15.4. The Hall–Kier alpha value is -1.94. The van der Waals surface area contributed by atoms with Crippen molar-refractivity contribution in [1.82, 2.24) is 9.97 Å². The molecule has 0 atom stereocenters. The molecule has 0 radical (unpaired) electrons. The minimum atomic E-state index is 0.416. The second kappa shape index (κ2) is 7.18. The van der Waals surface area contributed by atoms with Gasteiger partial charge in [0.25, 0.3) is 0 Å². The number of benzene rings is 1. The van der Waals surface area contributed by atoms with Crippen molar-refractivity contribution in [1.29, 1.82) is 0 Å². The van der Waals surface area contributed by atoms with E-state index in [1.165, 1.54) is 11.1 Å². The maximum atomic E-state index is 5.17. The van der Waals surface area contributed by atoms with E-state index in [9.17, 15) is 0 Å². The van der Waals surface area contributed by atoms with Crippen molar-refractivity contribution in [2.24, 2.45) is 0 Å². The normalized spacial score (nSPS) is 10.7. The highest BCUT2D eigenvalue weighted by atomic mass is 16.5. The second-order valence-electron chi connectivity index (χ2n) is 5.21. The number of methoxy groups -OCH3 is 1. The molecule has 0 aliphatic carbocycles. The molecule has 0 aliphatic heterocycles. The van der Waals surface area contributed by atoms with Gasteiger partial charge in [0.05, 0.1) is 5.69 Å². The fourth-order valence-electron chi connectivity index (χ4n) is 2.08. The summed E-state index contributed by atoms with van der Waals surface area (Å²) in [5.41, 5.74) is 4.59. The Bertz CT molecular complexity index is 611. The van der Waals surface area contributed by atoms with Gasteiger partial charge in [-0.15, -0.1) is 0 Å². The third kappa shape index (κ3) is 4.02. The van der Waals surface area contributed by atoms with Gasteiger partial charge < -0.3 is 10.1 Å². The zero-order valence-electron chi connectivity index (χ0n) is 13.2. The zero-order chi connectivity index (χ0) is 15.2. The highest BCUT2D eigenvalue weighted by Gasteiger charge is 2.07. The van der Waals surface area contributed by atoms with Gasteiger partial charge in [-0.05, 0) is 37.5 Å². The Kier molecular flexibility index (Phi) is 5.28. The molecule has 4 heteroatoms. The Labute approximate surface area is 126 Å². The van der Waals surface area contributed by atoms with Crippen molar-refractivity contribution in [2.45, 2.75) is 33.8 Å². The number of anilines is 1. The minimum Gasteiger partial charge on any atom is -0.377 e. The van der Waals surface area contributed by atoms with Crippen molar-refractivity contribution < 1.29 is 4.74 Å². The van der Waals surface area contributed by atoms with Gasteiger partial charge in [-0.3, -0.25) is 0 Å². The highest BCUT2D eigenvalue weighted by Crippen LogP contribution is 2.22. The summed E-state index contributed by atoms with van der Waals surface area (Å²) in [7, 11) is 1.66. The summed E-state index contributed by atoms with van der Waals surface area (Å²) in [6, 6.07) is 8.39. The van der Waals surface area contributed by atoms with Crippen LogP contribution in [0.25, 0.3) is 11.3 Å². The van der Waals surface area contributed by atoms with Crippen molar-refractivity contribution in [3.63, 3.8) is 0 Å². The second-order valence-corrected chi connectivity index (χ2v) is 5.21. The van der Waals surface area contributed by atoms with Crippen LogP contribution >= 0.6 is 0 Å². The number of rotatable bonds is 6. The lowest BCUT2D eigenvalue weighted by Gasteiger charge is -2.10. The van der Waals surface area contributed by atoms with Gasteiger partial charge >= 0.3 is 0 Å². The van der Waals surface area contributed by atoms with E-state index in [0.717, 1.165) is 30.0 Å². The predicted molar refractivity (Wildman–Crippen MR) is 86.4 cm³/mol. The average molecular weight is 285 g/mol. The first-order valence-electron chi connectivity index (χ1n) is 7.32. The van der Waals surface area contributed by atoms with Crippen LogP contribution in [-0.4, -0.2) is 23.6 Å². The molecule has 1 aromatic heterocycles. The fraction of sp³-hybridized carbons (Fsp3) is 0.412. The lowest BCUT2D eigenvalue weighted by molar-refractivity contribution is 0.178. The van der Waals surface area contributed by atoms with Crippen LogP contribution in [0.1, 0.15) is 30.3 Å². The topological polar surface area (TPSA) is 47.0 Å². The van der Waals surface area contributed by atoms with Gasteiger partial charge in [-0.25, -0.2) is 9.97 Å². The number of aryl methyl sites for hydroxylation is 2. The standard InChI is InChI=1S/C17H23N3O/c1-5-8-18-16-10-15(19-17(20-16)11-21-4)14-7-6-12(2)13(3)9-14/h6-7,9-10H,5,8,11H2,1-4H3,(H,18,19,20). The van der Waals surface area contributed by atoms with Gasteiger partial charge in [-0.2, -0.15) is 0 Å². The summed E-state index contributed by atoms with van der Waals surface area (Å²) in [5, 5.41) is 3.32. The van der Waals surface area contributed by atoms with Gasteiger partial charge in [-0.1, -0.05) is 19.1 Å². The summed E-state index contributed by atoms with van der Waals surface area (Å²) in [6.45, 7) is 7.68. The molecular formula is C17H23N3O. The quantitative estimate of drug-likeness (QED) is 0.878. The molecule has 0 amide bonds. The summed E-state index contributed by atoms with van der Waals surface area (Å²) in [4.78, 5) is 9.08. The Balaban J connectivity index is 2.40. The van der Waals surface area contributed by atoms with Crippen LogP contribution in [0, 0.1) is 13.8 Å². The minimum absolute atomic E-state index is 0.416. The van der Waals surface area contributed by atoms with E-state index in [1.54, 1.807) is 7.11 Å². The Morgan fingerprint density at radius 1 is 1.10 bits per heavy atom. The van der Waals surface area contributed by atoms with Crippen molar-refractivity contribution in [3.8, 4) is 11.3 Å². The summed E-state index contributed by atoms with van der Waals surface area (Å²) in [6.07, 6.45) is 1.06. The molecule has 1 N–H and O–H groups in total. The molecule has 2 rings (SSSR count). The SMILES string of the molecule is CCCNc1cc(-c2ccc(C)c(C)c2)nc(COC)n1. The van der Waals surface area contributed by atoms with Crippen molar-refractivity contribution in [3.05, 3.63) is 41.2 Å². The number of nitrogens with zero attached hydrogens (tertiary/aromatic N) is 2. The smallest absolute Gasteiger partial charge is 0.157 e. The molecule has 0 saturated heterocycles. The van der Waals surface area contributed by atoms with Crippen LogP contribution in [0.15, 0.2) is 24.3 Å². The van der Waals surface area contributed by atoms with E-state index in [0.29, 0.717) is 12.4 Å². The number of nitrogens with one attached hydrogen (secondary N) is 1. The van der Waals surface area contributed by atoms with Crippen LogP contribution in [0.5, 0.6) is 0 Å². The number of hydrogen-bond acceptors (Lipinski definition) is 4. The first-order chi connectivity index (χ1) is 10.1. The molecule has 0 saturated carbocycles. The average Bonchev–Trinajstić information content (AvgIpc) is 2.48. The molecule has 1 heterocycles. The third-order valence-electron chi connectivity index (χ3n) is 3.40. The monoisotopic (exact) mass is 285 g/mol. The van der Waals surface area contributed by atoms with E-state index in [2.05, 4.69) is 54.3 Å². The maximum absolute atomic E-state index is 5.17. The lowest BCUT2D eigenvalue weighted by atomic mass is 10.0. The predicted octanol–water partition coefficient (Wildman–Crippen LogP) is 3.73. The van der Waals surface area contributed by atoms with Gasteiger partial charge in [0.2, 0.25) is 0 Å². The van der Waals surface area contributed by atoms with Gasteiger partial charge in [0, 0.05) is 25.3 Å². The van der Waals surface area contributed by atoms with E-state index < -0.39 is 0 Å². The molecule has 112 valence electrons. The van der Waals surface area contributed by atoms with Gasteiger partial charge in [0.15, 0.2) is 5.82 Å². The number of hydrogen-bond donors (Lipinski definition) is 1. The van der Waals surface area contributed by atoms with E-state index in [1.807, 2.05) is 6.07 Å². The first-order valence-corrected chi connectivity index (χ1v) is 7.32. The van der Waals surface area contributed by atoms with Crippen molar-refractivity contribution >= 4 is 5.82 Å². The molecule has 2 aromatic rings. The van der Waals surface area contributed by atoms with E-state index in [-0.39, 0.29) is 0 Å². The van der Waals surface area contributed by atoms with Crippen LogP contribution in [0.2, 0.25) is 0 Å². The lowest BCUT2D eigenvalue weighted by Crippen LogP contribution is -2.06. The van der Waals surface area contributed by atoms with Crippen LogP contribution in [0.3, 0.4) is 0 Å². The van der Waals surface area contributed by atoms with Crippen LogP contribution in [-0.2, 0) is 11.3 Å². The molecule has 21 heavy (non-hydrogen) atoms. The maximum Gasteiger partial charge on any atom is 0.157 e. The molecule has 0 fully saturated rings. The highest BCUT2D eigenvalue weighted by molar-refractivity contribution is 5.64. The molecule has 0 spiro atoms. The van der Waals surface area contributed by atoms with Crippen LogP contribution < -0.4 is 5.32 Å². The molecule has 1 aromatic carbocycles. The molecule has 0 aliphatic rings. The molecule has 4 nitrogen and oxygen atoms in total. The zero-order valence-corrected chi connectivity index (χ0v) is 13.2. The third-order valence-corrected chi connectivity index (χ3v) is 3.40. The van der Waals surface area contributed by atoms with Gasteiger partial charge in [0.1, 0.15) is 12.4 Å². The van der Waals surface area contributed by atoms with E-state index in [4.69, 9.17) is 4.74 Å². The Morgan fingerprint density at radius 2 is 1.90 bits per heavy atom. The number of ether oxygens (including phenoxy) is 1. The van der Waals surface area contributed by atoms with Crippen LogP contribution in [0.4, 0.5) is 5.82 Å². The number of aromatic nitrogens is 2. The molecule has 0 unspecified atom stereocenters. The largest absolute Gasteiger partial charge is 0.377 e. The fourth-order valence-corrected chi connectivity index (χ4v) is 2.08. The Morgan fingerprint density at radius 3 is 2.57 bits per heavy atom. The van der Waals surface area contributed by atoms with E-state index >= 15 is 0 Å².